The van der Waals surface area contributed by atoms with Crippen LogP contribution in [0.4, 0.5) is 5.82 Å². The molecule has 3 heterocycles. The monoisotopic (exact) mass is 604 g/mol. The molecule has 2 aromatic rings. The predicted octanol–water partition coefficient (Wildman–Crippen LogP) is 6.32. The average Bonchev–Trinajstić information content (AvgIpc) is 3.19. The second kappa shape index (κ2) is 9.16. The summed E-state index contributed by atoms with van der Waals surface area (Å²) < 4.78 is 23.2. The third kappa shape index (κ3) is 5.50. The number of hydrogen-bond acceptors (Lipinski definition) is 6. The Labute approximate surface area is 214 Å². The Hall–Kier alpha value is -0.536. The summed E-state index contributed by atoms with van der Waals surface area (Å²) in [5.41, 5.74) is 6.95. The van der Waals surface area contributed by atoms with Crippen LogP contribution in [0.3, 0.4) is 0 Å². The lowest BCUT2D eigenvalue weighted by Gasteiger charge is -2.40. The first-order valence-corrected chi connectivity index (χ1v) is 18.6. The second-order valence-electron chi connectivity index (χ2n) is 12.2. The molecule has 1 saturated heterocycles. The molecule has 1 aliphatic rings. The summed E-state index contributed by atoms with van der Waals surface area (Å²) in [6.07, 6.45) is 3.97. The maximum atomic E-state index is 6.90. The van der Waals surface area contributed by atoms with Gasteiger partial charge < -0.3 is 23.9 Å². The Balaban J connectivity index is 1.91. The highest BCUT2D eigenvalue weighted by molar-refractivity contribution is 14.1. The van der Waals surface area contributed by atoms with E-state index in [1.54, 1.807) is 0 Å². The van der Waals surface area contributed by atoms with Crippen molar-refractivity contribution in [2.75, 3.05) is 12.3 Å². The molecule has 0 saturated carbocycles. The van der Waals surface area contributed by atoms with Crippen LogP contribution in [0.5, 0.6) is 0 Å². The summed E-state index contributed by atoms with van der Waals surface area (Å²) >= 11 is 2.29. The molecule has 186 valence electrons. The average molecular weight is 605 g/mol. The molecular formula is C23H41IN4O3Si2. The number of nitrogens with zero attached hydrogens (tertiary/aromatic N) is 3. The lowest BCUT2D eigenvalue weighted by molar-refractivity contribution is -0.0382. The van der Waals surface area contributed by atoms with Crippen molar-refractivity contribution < 1.29 is 13.6 Å². The van der Waals surface area contributed by atoms with Crippen LogP contribution in [0.1, 0.15) is 54.2 Å². The summed E-state index contributed by atoms with van der Waals surface area (Å²) in [6.45, 7) is 23.3. The van der Waals surface area contributed by atoms with Crippen molar-refractivity contribution in [3.8, 4) is 0 Å². The van der Waals surface area contributed by atoms with Gasteiger partial charge in [0, 0.05) is 16.2 Å². The maximum Gasteiger partial charge on any atom is 0.192 e. The Kier molecular flexibility index (Phi) is 7.51. The van der Waals surface area contributed by atoms with E-state index in [0.29, 0.717) is 12.4 Å². The number of fused-ring (bicyclic) bond motifs is 1. The van der Waals surface area contributed by atoms with Crippen LogP contribution in [-0.4, -0.2) is 50.0 Å². The molecule has 3 atom stereocenters. The summed E-state index contributed by atoms with van der Waals surface area (Å²) in [5.74, 6) is 0.494. The lowest BCUT2D eigenvalue weighted by Crippen LogP contribution is -2.48. The van der Waals surface area contributed by atoms with E-state index in [2.05, 4.69) is 111 Å². The van der Waals surface area contributed by atoms with E-state index in [1.807, 2.05) is 0 Å². The molecule has 0 aromatic carbocycles. The van der Waals surface area contributed by atoms with Gasteiger partial charge in [0.05, 0.1) is 18.1 Å². The van der Waals surface area contributed by atoms with Crippen LogP contribution in [0.2, 0.25) is 36.3 Å². The highest BCUT2D eigenvalue weighted by Crippen LogP contribution is 2.43. The molecule has 1 aliphatic heterocycles. The molecule has 0 spiro atoms. The van der Waals surface area contributed by atoms with Crippen molar-refractivity contribution in [1.82, 2.24) is 14.5 Å². The number of hydrogen-bond donors (Lipinski definition) is 1. The first kappa shape index (κ1) is 27.1. The Morgan fingerprint density at radius 1 is 1.09 bits per heavy atom. The number of anilines is 1. The molecule has 0 unspecified atom stereocenters. The van der Waals surface area contributed by atoms with Gasteiger partial charge in [-0.2, -0.15) is 0 Å². The van der Waals surface area contributed by atoms with Gasteiger partial charge in [-0.25, -0.2) is 9.97 Å². The normalized spacial score (nSPS) is 22.9. The van der Waals surface area contributed by atoms with Crippen molar-refractivity contribution in [3.63, 3.8) is 0 Å². The van der Waals surface area contributed by atoms with Crippen LogP contribution in [0, 0.1) is 3.57 Å². The minimum atomic E-state index is -1.99. The fourth-order valence-electron chi connectivity index (χ4n) is 3.49. The highest BCUT2D eigenvalue weighted by atomic mass is 127. The number of rotatable bonds is 6. The fraction of sp³-hybridized carbons (Fsp3) is 0.739. The number of aromatic nitrogens is 3. The third-order valence-electron chi connectivity index (χ3n) is 7.75. The molecule has 0 radical (unpaired) electrons. The fourth-order valence-corrected chi connectivity index (χ4v) is 6.68. The minimum Gasteiger partial charge on any atom is -0.414 e. The van der Waals surface area contributed by atoms with E-state index in [4.69, 9.17) is 19.3 Å². The van der Waals surface area contributed by atoms with Crippen LogP contribution in [0.25, 0.3) is 11.0 Å². The van der Waals surface area contributed by atoms with E-state index in [9.17, 15) is 0 Å². The number of halogens is 1. The zero-order valence-corrected chi connectivity index (χ0v) is 26.0. The quantitative estimate of drug-likeness (QED) is 0.307. The van der Waals surface area contributed by atoms with Crippen LogP contribution in [0.15, 0.2) is 12.5 Å². The van der Waals surface area contributed by atoms with Crippen molar-refractivity contribution in [3.05, 3.63) is 16.1 Å². The van der Waals surface area contributed by atoms with Crippen LogP contribution >= 0.6 is 22.6 Å². The van der Waals surface area contributed by atoms with E-state index in [1.165, 1.54) is 6.33 Å². The van der Waals surface area contributed by atoms with Crippen molar-refractivity contribution in [1.29, 1.82) is 0 Å². The summed E-state index contributed by atoms with van der Waals surface area (Å²) in [5, 5.41) is 1.14. The molecular weight excluding hydrogens is 563 g/mol. The third-order valence-corrected chi connectivity index (χ3v) is 17.6. The van der Waals surface area contributed by atoms with Crippen LogP contribution in [-0.2, 0) is 13.6 Å². The lowest BCUT2D eigenvalue weighted by atomic mass is 10.2. The van der Waals surface area contributed by atoms with E-state index < -0.39 is 16.6 Å². The molecule has 10 heteroatoms. The van der Waals surface area contributed by atoms with Crippen molar-refractivity contribution >= 4 is 56.1 Å². The van der Waals surface area contributed by atoms with E-state index in [0.717, 1.165) is 21.0 Å². The number of nitrogen functional groups attached to an aromatic ring is 1. The maximum absolute atomic E-state index is 6.90. The minimum absolute atomic E-state index is 0.0324. The number of ether oxygens (including phenoxy) is 1. The van der Waals surface area contributed by atoms with Crippen molar-refractivity contribution in [2.45, 2.75) is 103 Å². The summed E-state index contributed by atoms with van der Waals surface area (Å²) in [7, 11) is -3.91. The molecule has 2 N–H and O–H groups in total. The molecule has 7 nitrogen and oxygen atoms in total. The van der Waals surface area contributed by atoms with Gasteiger partial charge in [0.2, 0.25) is 0 Å². The molecule has 0 amide bonds. The smallest absolute Gasteiger partial charge is 0.192 e. The van der Waals surface area contributed by atoms with Gasteiger partial charge in [-0.05, 0) is 58.9 Å². The largest absolute Gasteiger partial charge is 0.414 e. The molecule has 1 fully saturated rings. The Bertz CT molecular complexity index is 998. The SMILES string of the molecule is CC(C)(C)[Si](C)(C)OC[C@H]1O[C@@H](n2cc(I)c3c(N)ncnc32)C[C@@H]1O[Si](C)(C)C(C)(C)C. The summed E-state index contributed by atoms with van der Waals surface area (Å²) in [4.78, 5) is 8.69. The van der Waals surface area contributed by atoms with Crippen LogP contribution < -0.4 is 5.73 Å². The van der Waals surface area contributed by atoms with E-state index in [-0.39, 0.29) is 28.5 Å². The predicted molar refractivity (Wildman–Crippen MR) is 148 cm³/mol. The summed E-state index contributed by atoms with van der Waals surface area (Å²) in [6, 6.07) is 0. The molecule has 0 aliphatic carbocycles. The Morgan fingerprint density at radius 2 is 1.70 bits per heavy atom. The molecule has 3 rings (SSSR count). The molecule has 2 aromatic heterocycles. The van der Waals surface area contributed by atoms with Crippen molar-refractivity contribution in [2.24, 2.45) is 0 Å². The topological polar surface area (TPSA) is 84.4 Å². The highest BCUT2D eigenvalue weighted by Gasteiger charge is 2.46. The van der Waals surface area contributed by atoms with E-state index >= 15 is 0 Å². The number of nitrogens with two attached hydrogens (primary N) is 1. The van der Waals surface area contributed by atoms with Gasteiger partial charge in [0.1, 0.15) is 30.1 Å². The van der Waals surface area contributed by atoms with Gasteiger partial charge >= 0.3 is 0 Å². The molecule has 33 heavy (non-hydrogen) atoms. The molecule has 0 bridgehead atoms. The van der Waals surface area contributed by atoms with Gasteiger partial charge in [-0.3, -0.25) is 0 Å². The Morgan fingerprint density at radius 3 is 2.27 bits per heavy atom. The van der Waals surface area contributed by atoms with Gasteiger partial charge in [-0.1, -0.05) is 41.5 Å². The van der Waals surface area contributed by atoms with Gasteiger partial charge in [0.15, 0.2) is 16.6 Å². The zero-order chi connectivity index (χ0) is 25.0. The first-order valence-electron chi connectivity index (χ1n) is 11.7. The second-order valence-corrected chi connectivity index (χ2v) is 22.9. The van der Waals surface area contributed by atoms with Gasteiger partial charge in [0.25, 0.3) is 0 Å². The zero-order valence-electron chi connectivity index (χ0n) is 21.8. The van der Waals surface area contributed by atoms with Gasteiger partial charge in [-0.15, -0.1) is 0 Å². The standard InChI is InChI=1S/C23H41IN4O3Si2/c1-22(2,3)32(7,8)29-13-17-16(31-33(9,10)23(4,5)6)11-18(30-17)28-12-15(24)19-20(25)26-14-27-21(19)28/h12,14,16-18H,11,13H2,1-10H3,(H2,25,26,27)/t16-,17+,18+/m0/s1. The first-order chi connectivity index (χ1) is 14.9.